The van der Waals surface area contributed by atoms with Gasteiger partial charge in [0.25, 0.3) is 0 Å². The van der Waals surface area contributed by atoms with E-state index >= 15 is 4.39 Å². The maximum Gasteiger partial charge on any atom is 0.303 e. The van der Waals surface area contributed by atoms with Crippen LogP contribution in [0.5, 0.6) is 11.5 Å². The molecule has 2 aliphatic rings. The minimum atomic E-state index is -0.868. The van der Waals surface area contributed by atoms with Crippen molar-refractivity contribution in [2.45, 2.75) is 65.4 Å². The van der Waals surface area contributed by atoms with E-state index in [2.05, 4.69) is 19.9 Å². The van der Waals surface area contributed by atoms with Crippen LogP contribution in [-0.2, 0) is 17.8 Å². The first kappa shape index (κ1) is 28.3. The molecule has 2 aliphatic carbocycles. The molecule has 0 amide bonds. The van der Waals surface area contributed by atoms with Crippen LogP contribution in [0.3, 0.4) is 0 Å². The molecular formula is C33H36F2O4. The second-order valence-corrected chi connectivity index (χ2v) is 10.8. The molecule has 0 aliphatic heterocycles. The Balaban J connectivity index is 0.00000110. The van der Waals surface area contributed by atoms with Crippen LogP contribution in [0.2, 0.25) is 0 Å². The normalized spacial score (nSPS) is 15.2. The van der Waals surface area contributed by atoms with E-state index in [1.54, 1.807) is 36.4 Å². The van der Waals surface area contributed by atoms with Gasteiger partial charge < -0.3 is 14.6 Å². The van der Waals surface area contributed by atoms with Gasteiger partial charge in [-0.2, -0.15) is 0 Å². The van der Waals surface area contributed by atoms with Crippen LogP contribution in [0.1, 0.15) is 69.1 Å². The van der Waals surface area contributed by atoms with Crippen molar-refractivity contribution in [1.82, 2.24) is 0 Å². The fourth-order valence-electron chi connectivity index (χ4n) is 4.68. The van der Waals surface area contributed by atoms with Gasteiger partial charge >= 0.3 is 5.97 Å². The Bertz CT molecular complexity index is 1360. The predicted octanol–water partition coefficient (Wildman–Crippen LogP) is 8.61. The molecule has 0 atom stereocenters. The van der Waals surface area contributed by atoms with Gasteiger partial charge in [0.1, 0.15) is 29.7 Å². The smallest absolute Gasteiger partial charge is 0.303 e. The molecular weight excluding hydrogens is 498 g/mol. The monoisotopic (exact) mass is 534 g/mol. The minimum Gasteiger partial charge on any atom is -0.497 e. The number of carboxylic acids is 1. The van der Waals surface area contributed by atoms with Gasteiger partial charge in [-0.3, -0.25) is 4.79 Å². The number of ether oxygens (including phenoxy) is 2. The van der Waals surface area contributed by atoms with Gasteiger partial charge in [-0.1, -0.05) is 51.3 Å². The molecule has 1 saturated carbocycles. The Kier molecular flexibility index (Phi) is 9.05. The Morgan fingerprint density at radius 3 is 2.33 bits per heavy atom. The first-order valence-corrected chi connectivity index (χ1v) is 13.5. The molecule has 0 bridgehead atoms. The van der Waals surface area contributed by atoms with Gasteiger partial charge in [0.2, 0.25) is 0 Å². The first-order valence-electron chi connectivity index (χ1n) is 13.5. The molecule has 206 valence electrons. The molecule has 3 aromatic rings. The van der Waals surface area contributed by atoms with Crippen LogP contribution in [-0.4, -0.2) is 18.2 Å². The number of rotatable bonds is 9. The van der Waals surface area contributed by atoms with Gasteiger partial charge in [-0.05, 0) is 89.4 Å². The first-order chi connectivity index (χ1) is 18.7. The van der Waals surface area contributed by atoms with Gasteiger partial charge in [0, 0.05) is 17.5 Å². The van der Waals surface area contributed by atoms with E-state index in [0.717, 1.165) is 29.5 Å². The number of aliphatic carboxylic acids is 1. The highest BCUT2D eigenvalue weighted by atomic mass is 19.1. The lowest BCUT2D eigenvalue weighted by Gasteiger charge is -2.26. The molecule has 5 rings (SSSR count). The van der Waals surface area contributed by atoms with Crippen molar-refractivity contribution in [3.63, 3.8) is 0 Å². The maximum absolute atomic E-state index is 15.4. The Morgan fingerprint density at radius 1 is 0.923 bits per heavy atom. The third-order valence-electron chi connectivity index (χ3n) is 7.06. The second kappa shape index (κ2) is 12.5. The molecule has 4 nitrogen and oxygen atoms in total. The third-order valence-corrected chi connectivity index (χ3v) is 7.06. The fourth-order valence-corrected chi connectivity index (χ4v) is 4.68. The quantitative estimate of drug-likeness (QED) is 0.299. The summed E-state index contributed by atoms with van der Waals surface area (Å²) in [6.07, 6.45) is 8.90. The van der Waals surface area contributed by atoms with Crippen molar-refractivity contribution in [2.75, 3.05) is 7.11 Å². The zero-order valence-electron chi connectivity index (χ0n) is 22.9. The molecule has 6 heteroatoms. The number of carboxylic acid groups (broad SMARTS) is 1. The second-order valence-electron chi connectivity index (χ2n) is 10.8. The summed E-state index contributed by atoms with van der Waals surface area (Å²) in [5.74, 6) is -0.785. The van der Waals surface area contributed by atoms with Crippen LogP contribution in [0.15, 0.2) is 60.7 Å². The lowest BCUT2D eigenvalue weighted by molar-refractivity contribution is -0.136. The minimum absolute atomic E-state index is 0.0181. The highest BCUT2D eigenvalue weighted by Crippen LogP contribution is 2.47. The molecule has 0 spiro atoms. The number of allylic oxidation sites excluding steroid dienone is 2. The largest absolute Gasteiger partial charge is 0.497 e. The standard InChI is InChI=1S/C30H30F2O4.C3H6/c1-30(2)13-5-8-26(30)24-15-20(18-36-22-7-4-6-19(14-22)9-12-29(33)34)28(32)17-23(24)25-16-21(35-3)10-11-27(25)31;1-2-3-1/h4,6-8,10-11,14-17H,5,9,12-13,18H2,1-3H3,(H,33,34);1-3H2. The molecule has 1 fully saturated rings. The summed E-state index contributed by atoms with van der Waals surface area (Å²) >= 11 is 0. The van der Waals surface area contributed by atoms with Crippen molar-refractivity contribution in [2.24, 2.45) is 5.41 Å². The van der Waals surface area contributed by atoms with Gasteiger partial charge in [-0.15, -0.1) is 0 Å². The van der Waals surface area contributed by atoms with Gasteiger partial charge in [0.05, 0.1) is 7.11 Å². The lowest BCUT2D eigenvalue weighted by atomic mass is 9.79. The topological polar surface area (TPSA) is 55.8 Å². The van der Waals surface area contributed by atoms with E-state index in [-0.39, 0.29) is 24.0 Å². The number of halogens is 2. The van der Waals surface area contributed by atoms with Crippen LogP contribution in [0, 0.1) is 17.0 Å². The SMILES string of the molecule is C1CC1.COc1ccc(F)c(-c2cc(F)c(COc3cccc(CCC(=O)O)c3)cc2C2=CCCC2(C)C)c1. The Labute approximate surface area is 229 Å². The lowest BCUT2D eigenvalue weighted by Crippen LogP contribution is -2.11. The number of hydrogen-bond donors (Lipinski definition) is 1. The number of methoxy groups -OCH3 is 1. The van der Waals surface area contributed by atoms with Crippen LogP contribution in [0.4, 0.5) is 8.78 Å². The molecule has 0 aromatic heterocycles. The molecule has 0 saturated heterocycles. The van der Waals surface area contributed by atoms with Crippen molar-refractivity contribution in [3.05, 3.63) is 89.0 Å². The summed E-state index contributed by atoms with van der Waals surface area (Å²) in [5.41, 5.74) is 3.64. The van der Waals surface area contributed by atoms with Crippen molar-refractivity contribution < 1.29 is 28.2 Å². The van der Waals surface area contributed by atoms with E-state index < -0.39 is 17.6 Å². The van der Waals surface area contributed by atoms with Gasteiger partial charge in [-0.25, -0.2) is 8.78 Å². The van der Waals surface area contributed by atoms with Crippen LogP contribution < -0.4 is 9.47 Å². The number of aryl methyl sites for hydroxylation is 1. The van der Waals surface area contributed by atoms with Crippen LogP contribution in [0.25, 0.3) is 16.7 Å². The van der Waals surface area contributed by atoms with E-state index in [9.17, 15) is 9.18 Å². The summed E-state index contributed by atoms with van der Waals surface area (Å²) in [7, 11) is 1.51. The van der Waals surface area contributed by atoms with Crippen molar-refractivity contribution in [1.29, 1.82) is 0 Å². The highest BCUT2D eigenvalue weighted by molar-refractivity contribution is 5.85. The maximum atomic E-state index is 15.4. The predicted molar refractivity (Wildman–Crippen MR) is 150 cm³/mol. The van der Waals surface area contributed by atoms with Crippen LogP contribution >= 0.6 is 0 Å². The summed E-state index contributed by atoms with van der Waals surface area (Å²) in [4.78, 5) is 10.9. The van der Waals surface area contributed by atoms with E-state index in [1.807, 2.05) is 6.07 Å². The highest BCUT2D eigenvalue weighted by Gasteiger charge is 2.31. The molecule has 0 unspecified atom stereocenters. The molecule has 39 heavy (non-hydrogen) atoms. The zero-order valence-corrected chi connectivity index (χ0v) is 22.9. The molecule has 0 heterocycles. The summed E-state index contributed by atoms with van der Waals surface area (Å²) in [6.45, 7) is 4.26. The van der Waals surface area contributed by atoms with E-state index in [1.165, 1.54) is 38.5 Å². The van der Waals surface area contributed by atoms with E-state index in [0.29, 0.717) is 29.0 Å². The average Bonchev–Trinajstić information content (AvgIpc) is 3.76. The molecule has 1 N–H and O–H groups in total. The molecule has 3 aromatic carbocycles. The Hall–Kier alpha value is -3.67. The number of benzene rings is 3. The summed E-state index contributed by atoms with van der Waals surface area (Å²) in [6, 6.07) is 14.8. The number of hydrogen-bond acceptors (Lipinski definition) is 3. The van der Waals surface area contributed by atoms with E-state index in [4.69, 9.17) is 14.6 Å². The number of carbonyl (C=O) groups is 1. The van der Waals surface area contributed by atoms with Gasteiger partial charge in [0.15, 0.2) is 0 Å². The fraction of sp³-hybridized carbons (Fsp3) is 0.364. The van der Waals surface area contributed by atoms with Crippen molar-refractivity contribution >= 4 is 11.5 Å². The Morgan fingerprint density at radius 2 is 1.69 bits per heavy atom. The zero-order chi connectivity index (χ0) is 28.0. The van der Waals surface area contributed by atoms with Crippen molar-refractivity contribution in [3.8, 4) is 22.6 Å². The average molecular weight is 535 g/mol. The third kappa shape index (κ3) is 7.47. The molecule has 0 radical (unpaired) electrons. The summed E-state index contributed by atoms with van der Waals surface area (Å²) < 4.78 is 41.5. The summed E-state index contributed by atoms with van der Waals surface area (Å²) in [5, 5.41) is 8.92.